The minimum Gasteiger partial charge on any atom is -0.327 e. The largest absolute Gasteiger partial charge is 0.327 e. The van der Waals surface area contributed by atoms with E-state index < -0.39 is 0 Å². The lowest BCUT2D eigenvalue weighted by molar-refractivity contribution is -0.136. The summed E-state index contributed by atoms with van der Waals surface area (Å²) in [4.78, 5) is 4.38. The van der Waals surface area contributed by atoms with Gasteiger partial charge in [-0.05, 0) is 55.3 Å². The van der Waals surface area contributed by atoms with E-state index in [0.29, 0.717) is 22.9 Å². The van der Waals surface area contributed by atoms with Crippen LogP contribution in [0.15, 0.2) is 12.5 Å². The minimum absolute atomic E-state index is 0.314. The highest BCUT2D eigenvalue weighted by molar-refractivity contribution is 5.16. The van der Waals surface area contributed by atoms with E-state index in [1.165, 1.54) is 44.2 Å². The summed E-state index contributed by atoms with van der Waals surface area (Å²) in [6.07, 6.45) is 12.3. The van der Waals surface area contributed by atoms with Crippen LogP contribution >= 0.6 is 0 Å². The second kappa shape index (κ2) is 3.43. The van der Waals surface area contributed by atoms with Crippen molar-refractivity contribution in [2.24, 2.45) is 22.5 Å². The van der Waals surface area contributed by atoms with Crippen molar-refractivity contribution in [2.75, 3.05) is 0 Å². The summed E-state index contributed by atoms with van der Waals surface area (Å²) in [6.45, 7) is 5.65. The summed E-state index contributed by atoms with van der Waals surface area (Å²) in [5.41, 5.74) is 8.54. The Bertz CT molecular complexity index is 500. The van der Waals surface area contributed by atoms with Gasteiger partial charge < -0.3 is 10.3 Å². The van der Waals surface area contributed by atoms with E-state index >= 15 is 0 Å². The lowest BCUT2D eigenvalue weighted by atomic mass is 9.42. The van der Waals surface area contributed by atoms with Gasteiger partial charge in [0.2, 0.25) is 0 Å². The van der Waals surface area contributed by atoms with Gasteiger partial charge in [0.25, 0.3) is 0 Å². The summed E-state index contributed by atoms with van der Waals surface area (Å²) < 4.78 is 2.45. The molecule has 0 amide bonds. The molecule has 3 nitrogen and oxygen atoms in total. The SMILES string of the molecule is CC12CC3CC(C)(C1)CC(n1cncc1CN)(C3)C2. The molecule has 4 fully saturated rings. The van der Waals surface area contributed by atoms with Crippen LogP contribution in [0.5, 0.6) is 0 Å². The number of rotatable bonds is 2. The number of hydrogen-bond acceptors (Lipinski definition) is 2. The molecule has 0 radical (unpaired) electrons. The molecule has 19 heavy (non-hydrogen) atoms. The van der Waals surface area contributed by atoms with Gasteiger partial charge in [0.15, 0.2) is 0 Å². The van der Waals surface area contributed by atoms with Crippen LogP contribution < -0.4 is 5.73 Å². The molecule has 1 aromatic rings. The van der Waals surface area contributed by atoms with Crippen molar-refractivity contribution in [3.63, 3.8) is 0 Å². The molecule has 1 heterocycles. The number of aromatic nitrogens is 2. The highest BCUT2D eigenvalue weighted by Gasteiger charge is 2.60. The van der Waals surface area contributed by atoms with E-state index in [-0.39, 0.29) is 0 Å². The molecule has 0 spiro atoms. The maximum Gasteiger partial charge on any atom is 0.0953 e. The zero-order valence-corrected chi connectivity index (χ0v) is 12.2. The van der Waals surface area contributed by atoms with Crippen LogP contribution in [0.25, 0.3) is 0 Å². The Balaban J connectivity index is 1.83. The molecule has 104 valence electrons. The van der Waals surface area contributed by atoms with E-state index in [2.05, 4.69) is 23.4 Å². The molecule has 4 aliphatic rings. The number of nitrogens with zero attached hydrogens (tertiary/aromatic N) is 2. The Morgan fingerprint density at radius 2 is 1.89 bits per heavy atom. The van der Waals surface area contributed by atoms with Gasteiger partial charge in [0.05, 0.1) is 12.0 Å². The first kappa shape index (κ1) is 12.0. The van der Waals surface area contributed by atoms with Crippen LogP contribution in [-0.2, 0) is 12.1 Å². The number of imidazole rings is 1. The minimum atomic E-state index is 0.314. The lowest BCUT2D eigenvalue weighted by Crippen LogP contribution is -2.59. The average Bonchev–Trinajstić information content (AvgIpc) is 2.72. The van der Waals surface area contributed by atoms with Crippen molar-refractivity contribution in [3.8, 4) is 0 Å². The van der Waals surface area contributed by atoms with Crippen LogP contribution in [0.1, 0.15) is 58.1 Å². The summed E-state index contributed by atoms with van der Waals surface area (Å²) in [5.74, 6) is 0.916. The van der Waals surface area contributed by atoms with Crippen LogP contribution in [-0.4, -0.2) is 9.55 Å². The molecule has 2 atom stereocenters. The van der Waals surface area contributed by atoms with Crippen LogP contribution in [0.3, 0.4) is 0 Å². The number of hydrogen-bond donors (Lipinski definition) is 1. The highest BCUT2D eigenvalue weighted by Crippen LogP contribution is 2.68. The number of nitrogens with two attached hydrogens (primary N) is 1. The quantitative estimate of drug-likeness (QED) is 0.887. The third kappa shape index (κ3) is 1.57. The van der Waals surface area contributed by atoms with Gasteiger partial charge in [-0.3, -0.25) is 0 Å². The lowest BCUT2D eigenvalue weighted by Gasteiger charge is -2.65. The average molecular weight is 259 g/mol. The van der Waals surface area contributed by atoms with E-state index in [4.69, 9.17) is 5.73 Å². The summed E-state index contributed by atoms with van der Waals surface area (Å²) in [6, 6.07) is 0. The van der Waals surface area contributed by atoms with Crippen molar-refractivity contribution in [3.05, 3.63) is 18.2 Å². The molecule has 0 aromatic carbocycles. The van der Waals surface area contributed by atoms with Crippen LogP contribution in [0.4, 0.5) is 0 Å². The summed E-state index contributed by atoms with van der Waals surface area (Å²) in [7, 11) is 0. The van der Waals surface area contributed by atoms with Gasteiger partial charge in [0, 0.05) is 18.3 Å². The molecular weight excluding hydrogens is 234 g/mol. The first-order valence-electron chi connectivity index (χ1n) is 7.68. The van der Waals surface area contributed by atoms with Crippen LogP contribution in [0, 0.1) is 16.7 Å². The molecule has 3 heteroatoms. The van der Waals surface area contributed by atoms with Gasteiger partial charge >= 0.3 is 0 Å². The summed E-state index contributed by atoms with van der Waals surface area (Å²) in [5, 5.41) is 0. The molecule has 0 saturated heterocycles. The maximum atomic E-state index is 5.92. The second-order valence-corrected chi connectivity index (χ2v) is 8.31. The van der Waals surface area contributed by atoms with Crippen molar-refractivity contribution < 1.29 is 0 Å². The zero-order chi connectivity index (χ0) is 13.3. The Labute approximate surface area is 115 Å². The Morgan fingerprint density at radius 3 is 2.47 bits per heavy atom. The first-order valence-corrected chi connectivity index (χ1v) is 7.68. The van der Waals surface area contributed by atoms with Gasteiger partial charge in [-0.2, -0.15) is 0 Å². The van der Waals surface area contributed by atoms with E-state index in [1.807, 2.05) is 12.5 Å². The van der Waals surface area contributed by atoms with Gasteiger partial charge in [0.1, 0.15) is 0 Å². The normalized spacial score (nSPS) is 47.8. The third-order valence-corrected chi connectivity index (χ3v) is 6.03. The third-order valence-electron chi connectivity index (χ3n) is 6.03. The molecule has 2 unspecified atom stereocenters. The van der Waals surface area contributed by atoms with Crippen LogP contribution in [0.2, 0.25) is 0 Å². The molecule has 0 aliphatic heterocycles. The molecule has 5 rings (SSSR count). The smallest absolute Gasteiger partial charge is 0.0953 e. The molecule has 4 bridgehead atoms. The Hall–Kier alpha value is -0.830. The van der Waals surface area contributed by atoms with Crippen molar-refractivity contribution in [1.82, 2.24) is 9.55 Å². The predicted molar refractivity (Wildman–Crippen MR) is 75.5 cm³/mol. The topological polar surface area (TPSA) is 43.8 Å². The standard InChI is InChI=1S/C16H25N3/c1-14-3-12-4-15(2,8-14)10-16(5-12,9-14)19-11-18-7-13(19)6-17/h7,11-12H,3-6,8-10,17H2,1-2H3. The Morgan fingerprint density at radius 1 is 1.21 bits per heavy atom. The van der Waals surface area contributed by atoms with Crippen molar-refractivity contribution in [2.45, 2.75) is 64.5 Å². The fourth-order valence-electron chi connectivity index (χ4n) is 6.56. The van der Waals surface area contributed by atoms with E-state index in [9.17, 15) is 0 Å². The first-order chi connectivity index (χ1) is 8.96. The fourth-order valence-corrected chi connectivity index (χ4v) is 6.56. The molecule has 2 N–H and O–H groups in total. The molecule has 4 aliphatic carbocycles. The molecular formula is C16H25N3. The van der Waals surface area contributed by atoms with Crippen molar-refractivity contribution in [1.29, 1.82) is 0 Å². The molecule has 1 aromatic heterocycles. The summed E-state index contributed by atoms with van der Waals surface area (Å²) >= 11 is 0. The van der Waals surface area contributed by atoms with Gasteiger partial charge in [-0.25, -0.2) is 4.98 Å². The predicted octanol–water partition coefficient (Wildman–Crippen LogP) is 3.05. The van der Waals surface area contributed by atoms with E-state index in [0.717, 1.165) is 5.92 Å². The molecule has 4 saturated carbocycles. The van der Waals surface area contributed by atoms with Gasteiger partial charge in [-0.1, -0.05) is 13.8 Å². The second-order valence-electron chi connectivity index (χ2n) is 8.31. The van der Waals surface area contributed by atoms with Crippen molar-refractivity contribution >= 4 is 0 Å². The zero-order valence-electron chi connectivity index (χ0n) is 12.2. The maximum absolute atomic E-state index is 5.92. The Kier molecular flexibility index (Phi) is 2.16. The van der Waals surface area contributed by atoms with Gasteiger partial charge in [-0.15, -0.1) is 0 Å². The highest BCUT2D eigenvalue weighted by atomic mass is 15.1. The fraction of sp³-hybridized carbons (Fsp3) is 0.812. The monoisotopic (exact) mass is 259 g/mol. The van der Waals surface area contributed by atoms with E-state index in [1.54, 1.807) is 0 Å².